The highest BCUT2D eigenvalue weighted by Crippen LogP contribution is 2.24. The molecule has 1 aliphatic heterocycles. The van der Waals surface area contributed by atoms with E-state index in [4.69, 9.17) is 11.6 Å². The van der Waals surface area contributed by atoms with Crippen LogP contribution in [-0.4, -0.2) is 44.7 Å². The van der Waals surface area contributed by atoms with E-state index >= 15 is 0 Å². The van der Waals surface area contributed by atoms with Gasteiger partial charge in [-0.05, 0) is 31.0 Å². The predicted molar refractivity (Wildman–Crippen MR) is 107 cm³/mol. The fourth-order valence-corrected chi connectivity index (χ4v) is 3.74. The Morgan fingerprint density at radius 3 is 2.46 bits per heavy atom. The summed E-state index contributed by atoms with van der Waals surface area (Å²) in [6.07, 6.45) is 0.870. The molecule has 0 radical (unpaired) electrons. The Balaban J connectivity index is 1.45. The van der Waals surface area contributed by atoms with Crippen LogP contribution in [0.2, 0.25) is 5.02 Å². The summed E-state index contributed by atoms with van der Waals surface area (Å²) in [4.78, 5) is 16.1. The van der Waals surface area contributed by atoms with Gasteiger partial charge in [-0.25, -0.2) is 0 Å². The van der Waals surface area contributed by atoms with Gasteiger partial charge in [0.15, 0.2) is 6.04 Å². The first kappa shape index (κ1) is 18.7. The molecular formula is C21H27ClN3O+. The summed E-state index contributed by atoms with van der Waals surface area (Å²) in [5.74, 6) is 0.141. The van der Waals surface area contributed by atoms with Crippen molar-refractivity contribution in [1.82, 2.24) is 5.32 Å². The average molecular weight is 373 g/mol. The first-order chi connectivity index (χ1) is 12.6. The highest BCUT2D eigenvalue weighted by Gasteiger charge is 2.29. The van der Waals surface area contributed by atoms with Crippen LogP contribution < -0.4 is 15.1 Å². The molecule has 1 aliphatic rings. The highest BCUT2D eigenvalue weighted by molar-refractivity contribution is 6.33. The highest BCUT2D eigenvalue weighted by atomic mass is 35.5. The fraction of sp³-hybridized carbons (Fsp3) is 0.381. The number of amides is 1. The van der Waals surface area contributed by atoms with Crippen LogP contribution in [0, 0.1) is 0 Å². The van der Waals surface area contributed by atoms with Crippen LogP contribution in [0.4, 0.5) is 5.69 Å². The molecule has 0 spiro atoms. The molecule has 1 atom stereocenters. The Bertz CT molecular complexity index is 714. The second kappa shape index (κ2) is 9.06. The lowest BCUT2D eigenvalue weighted by Gasteiger charge is -2.36. The third-order valence-electron chi connectivity index (χ3n) is 5.16. The number of carbonyl (C=O) groups is 1. The van der Waals surface area contributed by atoms with Gasteiger partial charge in [0.25, 0.3) is 5.91 Å². The van der Waals surface area contributed by atoms with Crippen LogP contribution in [0.15, 0.2) is 54.6 Å². The predicted octanol–water partition coefficient (Wildman–Crippen LogP) is 1.79. The topological polar surface area (TPSA) is 36.8 Å². The summed E-state index contributed by atoms with van der Waals surface area (Å²) >= 11 is 6.30. The Kier molecular flexibility index (Phi) is 6.53. The van der Waals surface area contributed by atoms with E-state index in [2.05, 4.69) is 28.4 Å². The van der Waals surface area contributed by atoms with Crippen LogP contribution in [0.1, 0.15) is 12.5 Å². The number of piperazine rings is 1. The minimum absolute atomic E-state index is 0.0285. The van der Waals surface area contributed by atoms with E-state index < -0.39 is 0 Å². The molecule has 138 valence electrons. The van der Waals surface area contributed by atoms with Gasteiger partial charge in [-0.1, -0.05) is 54.1 Å². The van der Waals surface area contributed by atoms with Gasteiger partial charge < -0.3 is 15.1 Å². The number of hydrogen-bond donors (Lipinski definition) is 2. The van der Waals surface area contributed by atoms with E-state index in [1.54, 1.807) is 0 Å². The number of hydrogen-bond acceptors (Lipinski definition) is 2. The zero-order valence-corrected chi connectivity index (χ0v) is 16.0. The molecule has 2 N–H and O–H groups in total. The van der Waals surface area contributed by atoms with E-state index in [0.717, 1.165) is 43.3 Å². The van der Waals surface area contributed by atoms with Gasteiger partial charge in [0.2, 0.25) is 0 Å². The van der Waals surface area contributed by atoms with Crippen molar-refractivity contribution in [3.05, 3.63) is 65.2 Å². The maximum Gasteiger partial charge on any atom is 0.278 e. The average Bonchev–Trinajstić information content (AvgIpc) is 2.69. The third-order valence-corrected chi connectivity index (χ3v) is 5.48. The Hall–Kier alpha value is -2.04. The fourth-order valence-electron chi connectivity index (χ4n) is 3.49. The van der Waals surface area contributed by atoms with Crippen molar-refractivity contribution in [3.8, 4) is 0 Å². The van der Waals surface area contributed by atoms with Gasteiger partial charge >= 0.3 is 0 Å². The number of benzene rings is 2. The van der Waals surface area contributed by atoms with Crippen molar-refractivity contribution >= 4 is 23.2 Å². The summed E-state index contributed by atoms with van der Waals surface area (Å²) in [5, 5.41) is 3.88. The first-order valence-corrected chi connectivity index (χ1v) is 9.68. The molecule has 1 saturated heterocycles. The summed E-state index contributed by atoms with van der Waals surface area (Å²) < 4.78 is 0. The molecule has 4 nitrogen and oxygen atoms in total. The van der Waals surface area contributed by atoms with Gasteiger partial charge in [0, 0.05) is 6.54 Å². The number of quaternary nitrogens is 1. The van der Waals surface area contributed by atoms with Crippen molar-refractivity contribution in [2.24, 2.45) is 0 Å². The van der Waals surface area contributed by atoms with E-state index in [1.165, 1.54) is 10.5 Å². The second-order valence-corrected chi connectivity index (χ2v) is 7.25. The van der Waals surface area contributed by atoms with Crippen LogP contribution in [-0.2, 0) is 11.2 Å². The third kappa shape index (κ3) is 4.77. The zero-order chi connectivity index (χ0) is 18.4. The number of halogens is 1. The lowest BCUT2D eigenvalue weighted by molar-refractivity contribution is -0.914. The molecule has 1 heterocycles. The second-order valence-electron chi connectivity index (χ2n) is 6.85. The molecule has 5 heteroatoms. The molecular weight excluding hydrogens is 346 g/mol. The zero-order valence-electron chi connectivity index (χ0n) is 15.2. The molecule has 1 amide bonds. The van der Waals surface area contributed by atoms with Gasteiger partial charge in [-0.2, -0.15) is 0 Å². The van der Waals surface area contributed by atoms with E-state index in [0.29, 0.717) is 6.54 Å². The summed E-state index contributed by atoms with van der Waals surface area (Å²) in [6.45, 7) is 6.43. The van der Waals surface area contributed by atoms with Crippen LogP contribution in [0.5, 0.6) is 0 Å². The minimum atomic E-state index is -0.0285. The quantitative estimate of drug-likeness (QED) is 0.811. The van der Waals surface area contributed by atoms with Crippen molar-refractivity contribution in [2.75, 3.05) is 37.6 Å². The molecule has 2 aromatic carbocycles. The molecule has 0 aromatic heterocycles. The van der Waals surface area contributed by atoms with Gasteiger partial charge in [0.05, 0.1) is 36.9 Å². The van der Waals surface area contributed by atoms with E-state index in [9.17, 15) is 4.79 Å². The standard InChI is InChI=1S/C21H26ClN3O/c1-17(21(26)23-12-11-18-7-3-2-4-8-18)24-13-15-25(16-14-24)20-10-6-5-9-19(20)22/h2-10,17H,11-16H2,1H3,(H,23,26)/p+1/t17-/m1/s1. The molecule has 2 aromatic rings. The van der Waals surface area contributed by atoms with Crippen molar-refractivity contribution in [1.29, 1.82) is 0 Å². The Labute approximate surface area is 160 Å². The van der Waals surface area contributed by atoms with Crippen LogP contribution in [0.3, 0.4) is 0 Å². The number of nitrogens with zero attached hydrogens (tertiary/aromatic N) is 1. The van der Waals surface area contributed by atoms with Crippen molar-refractivity contribution in [2.45, 2.75) is 19.4 Å². The number of para-hydroxylation sites is 1. The number of carbonyl (C=O) groups excluding carboxylic acids is 1. The smallest absolute Gasteiger partial charge is 0.278 e. The molecule has 1 fully saturated rings. The Morgan fingerprint density at radius 1 is 1.12 bits per heavy atom. The van der Waals surface area contributed by atoms with Crippen molar-refractivity contribution in [3.63, 3.8) is 0 Å². The van der Waals surface area contributed by atoms with Crippen molar-refractivity contribution < 1.29 is 9.69 Å². The lowest BCUT2D eigenvalue weighted by Crippen LogP contribution is -3.19. The maximum absolute atomic E-state index is 12.5. The SMILES string of the molecule is C[C@H](C(=O)NCCc1ccccc1)[NH+]1CCN(c2ccccc2Cl)CC1. The summed E-state index contributed by atoms with van der Waals surface area (Å²) in [6, 6.07) is 18.2. The van der Waals surface area contributed by atoms with Crippen LogP contribution >= 0.6 is 11.6 Å². The molecule has 0 bridgehead atoms. The molecule has 0 aliphatic carbocycles. The maximum atomic E-state index is 12.5. The monoisotopic (exact) mass is 372 g/mol. The lowest BCUT2D eigenvalue weighted by atomic mass is 10.1. The molecule has 3 rings (SSSR count). The molecule has 0 saturated carbocycles. The van der Waals surface area contributed by atoms with E-state index in [-0.39, 0.29) is 11.9 Å². The van der Waals surface area contributed by atoms with E-state index in [1.807, 2.05) is 43.3 Å². The minimum Gasteiger partial charge on any atom is -0.359 e. The molecule has 26 heavy (non-hydrogen) atoms. The normalized spacial score (nSPS) is 16.3. The summed E-state index contributed by atoms with van der Waals surface area (Å²) in [5.41, 5.74) is 2.34. The number of rotatable bonds is 6. The van der Waals surface area contributed by atoms with Crippen LogP contribution in [0.25, 0.3) is 0 Å². The number of anilines is 1. The summed E-state index contributed by atoms with van der Waals surface area (Å²) in [7, 11) is 0. The largest absolute Gasteiger partial charge is 0.359 e. The van der Waals surface area contributed by atoms with Gasteiger partial charge in [-0.15, -0.1) is 0 Å². The molecule has 0 unspecified atom stereocenters. The number of nitrogens with one attached hydrogen (secondary N) is 2. The van der Waals surface area contributed by atoms with Gasteiger partial charge in [0.1, 0.15) is 0 Å². The first-order valence-electron chi connectivity index (χ1n) is 9.31. The van der Waals surface area contributed by atoms with Gasteiger partial charge in [-0.3, -0.25) is 4.79 Å². The Morgan fingerprint density at radius 2 is 1.77 bits per heavy atom.